The van der Waals surface area contributed by atoms with Crippen molar-refractivity contribution in [3.8, 4) is 0 Å². The van der Waals surface area contributed by atoms with Crippen molar-refractivity contribution in [2.24, 2.45) is 17.6 Å². The molecule has 3 unspecified atom stereocenters. The lowest BCUT2D eigenvalue weighted by atomic mass is 10.0. The van der Waals surface area contributed by atoms with Gasteiger partial charge in [0.2, 0.25) is 23.6 Å². The van der Waals surface area contributed by atoms with Gasteiger partial charge in [-0.15, -0.1) is 0 Å². The molecule has 1 saturated heterocycles. The fourth-order valence-electron chi connectivity index (χ4n) is 4.99. The lowest BCUT2D eigenvalue weighted by Crippen LogP contribution is -2.54. The Bertz CT molecular complexity index is 1440. The first kappa shape index (κ1) is 45.7. The summed E-state index contributed by atoms with van der Waals surface area (Å²) in [5, 5.41) is 10.2. The second kappa shape index (κ2) is 23.3. The molecule has 6 N–H and O–H groups in total. The lowest BCUT2D eigenvalue weighted by molar-refractivity contribution is -0.148. The highest BCUT2D eigenvalue weighted by atomic mass is 16.5. The normalized spacial score (nSPS) is 16.7. The molecule has 0 bridgehead atoms. The van der Waals surface area contributed by atoms with E-state index in [2.05, 4.69) is 21.3 Å². The molecule has 1 aromatic rings. The average Bonchev–Trinajstić information content (AvgIpc) is 3.61. The predicted molar refractivity (Wildman–Crippen MR) is 195 cm³/mol. The van der Waals surface area contributed by atoms with E-state index >= 15 is 0 Å². The fourth-order valence-corrected chi connectivity index (χ4v) is 4.99. The monoisotopic (exact) mass is 745 g/mol. The molecule has 17 heteroatoms. The number of nitrogens with two attached hydrogens (primary N) is 1. The third kappa shape index (κ3) is 15.1. The number of urea groups is 1. The van der Waals surface area contributed by atoms with Gasteiger partial charge in [-0.05, 0) is 30.0 Å². The zero-order valence-corrected chi connectivity index (χ0v) is 31.9. The van der Waals surface area contributed by atoms with Crippen molar-refractivity contribution in [2.75, 3.05) is 38.7 Å². The largest absolute Gasteiger partial charge is 0.461 e. The van der Waals surface area contributed by atoms with Gasteiger partial charge in [0.25, 0.3) is 11.8 Å². The Hall–Kier alpha value is -5.32. The number of amides is 8. The number of hydrogen-bond donors (Lipinski definition) is 5. The van der Waals surface area contributed by atoms with Gasteiger partial charge >= 0.3 is 12.0 Å². The molecule has 3 rings (SSSR count). The van der Waals surface area contributed by atoms with E-state index in [1.54, 1.807) is 52.0 Å². The molecule has 294 valence electrons. The van der Waals surface area contributed by atoms with Crippen molar-refractivity contribution in [3.63, 3.8) is 0 Å². The van der Waals surface area contributed by atoms with Crippen molar-refractivity contribution in [1.82, 2.24) is 25.8 Å². The number of carbonyl (C=O) groups is 8. The number of carbonyl (C=O) groups excluding carboxylic acids is 8. The molecule has 0 saturated carbocycles. The van der Waals surface area contributed by atoms with Crippen LogP contribution < -0.4 is 27.0 Å². The quantitative estimate of drug-likeness (QED) is 0.120. The van der Waals surface area contributed by atoms with E-state index in [4.69, 9.17) is 15.2 Å². The van der Waals surface area contributed by atoms with Gasteiger partial charge in [0.05, 0.1) is 31.7 Å². The van der Waals surface area contributed by atoms with Crippen LogP contribution in [0.25, 0.3) is 0 Å². The number of anilines is 1. The van der Waals surface area contributed by atoms with E-state index in [1.165, 1.54) is 12.0 Å². The van der Waals surface area contributed by atoms with Crippen molar-refractivity contribution < 1.29 is 47.8 Å². The Morgan fingerprint density at radius 2 is 1.53 bits per heavy atom. The standard InChI is InChI=1S/C30H39N5O9.C4H10N2O.C2H6/c1-17(2)27(28(40)31-13-23(36)32-20-8-6-19(7-9-20)15-44-30(42)18(3)4)33-24(37)14-34-21(16-43-5)12-22(29(34)41)35-25(38)10-11-26(35)39;1-2-3-6-4(5)7;1-2/h6-11,17-18,21-22,27H,12-16H2,1-5H3,(H,31,40)(H,32,36)(H,33,37);2-3H2,1H3,(H3,5,6,7);1-2H3. The maximum atomic E-state index is 13.2. The van der Waals surface area contributed by atoms with E-state index in [0.717, 1.165) is 29.0 Å². The predicted octanol–water partition coefficient (Wildman–Crippen LogP) is 1.21. The Morgan fingerprint density at radius 3 is 2.02 bits per heavy atom. The average molecular weight is 746 g/mol. The smallest absolute Gasteiger partial charge is 0.312 e. The van der Waals surface area contributed by atoms with E-state index < -0.39 is 66.1 Å². The molecule has 1 fully saturated rings. The molecule has 53 heavy (non-hydrogen) atoms. The second-order valence-electron chi connectivity index (χ2n) is 12.5. The molecule has 0 radical (unpaired) electrons. The fraction of sp³-hybridized carbons (Fsp3) is 0.556. The van der Waals surface area contributed by atoms with Crippen molar-refractivity contribution in [3.05, 3.63) is 42.0 Å². The highest BCUT2D eigenvalue weighted by molar-refractivity contribution is 6.15. The molecular weight excluding hydrogens is 690 g/mol. The van der Waals surface area contributed by atoms with Crippen LogP contribution >= 0.6 is 0 Å². The molecule has 2 heterocycles. The summed E-state index contributed by atoms with van der Waals surface area (Å²) in [5.41, 5.74) is 5.95. The van der Waals surface area contributed by atoms with Gasteiger partial charge in [-0.2, -0.15) is 0 Å². The molecule has 0 spiro atoms. The molecule has 8 amide bonds. The third-order valence-corrected chi connectivity index (χ3v) is 7.66. The number of esters is 1. The van der Waals surface area contributed by atoms with E-state index in [0.29, 0.717) is 12.2 Å². The number of hydrogen-bond acceptors (Lipinski definition) is 10. The van der Waals surface area contributed by atoms with Crippen LogP contribution in [0.2, 0.25) is 0 Å². The van der Waals surface area contributed by atoms with Crippen LogP contribution in [0, 0.1) is 11.8 Å². The van der Waals surface area contributed by atoms with Gasteiger partial charge in [0.1, 0.15) is 18.7 Å². The van der Waals surface area contributed by atoms with Crippen LogP contribution in [0.4, 0.5) is 10.5 Å². The Balaban J connectivity index is 0.00000139. The molecule has 17 nitrogen and oxygen atoms in total. The summed E-state index contributed by atoms with van der Waals surface area (Å²) in [6, 6.07) is 3.61. The number of nitrogens with zero attached hydrogens (tertiary/aromatic N) is 2. The number of methoxy groups -OCH3 is 1. The second-order valence-corrected chi connectivity index (χ2v) is 12.5. The molecule has 1 aromatic carbocycles. The summed E-state index contributed by atoms with van der Waals surface area (Å²) in [7, 11) is 1.43. The number of likely N-dealkylation sites (tertiary alicyclic amines) is 1. The van der Waals surface area contributed by atoms with Gasteiger partial charge in [0.15, 0.2) is 0 Å². The topological polar surface area (TPSA) is 236 Å². The highest BCUT2D eigenvalue weighted by Gasteiger charge is 2.47. The number of benzene rings is 1. The third-order valence-electron chi connectivity index (χ3n) is 7.66. The van der Waals surface area contributed by atoms with Gasteiger partial charge in [-0.1, -0.05) is 60.6 Å². The highest BCUT2D eigenvalue weighted by Crippen LogP contribution is 2.26. The first-order chi connectivity index (χ1) is 25.1. The minimum absolute atomic E-state index is 0.0800. The maximum absolute atomic E-state index is 13.2. The summed E-state index contributed by atoms with van der Waals surface area (Å²) >= 11 is 0. The Kier molecular flexibility index (Phi) is 20.1. The molecule has 0 aliphatic carbocycles. The van der Waals surface area contributed by atoms with Crippen molar-refractivity contribution in [2.45, 2.75) is 86.0 Å². The summed E-state index contributed by atoms with van der Waals surface area (Å²) < 4.78 is 10.4. The number of nitrogens with one attached hydrogen (secondary N) is 4. The van der Waals surface area contributed by atoms with Gasteiger partial charge in [0, 0.05) is 37.9 Å². The van der Waals surface area contributed by atoms with Gasteiger partial charge in [-0.3, -0.25) is 38.5 Å². The van der Waals surface area contributed by atoms with Crippen LogP contribution in [0.1, 0.15) is 66.9 Å². The molecule has 0 aromatic heterocycles. The van der Waals surface area contributed by atoms with Gasteiger partial charge < -0.3 is 41.4 Å². The molecule has 2 aliphatic heterocycles. The summed E-state index contributed by atoms with van der Waals surface area (Å²) in [5.74, 6) is -4.40. The number of primary amides is 1. The molecule has 2 aliphatic rings. The van der Waals surface area contributed by atoms with E-state index in [1.807, 2.05) is 20.8 Å². The zero-order valence-electron chi connectivity index (χ0n) is 31.9. The van der Waals surface area contributed by atoms with Crippen molar-refractivity contribution >= 4 is 53.1 Å². The van der Waals surface area contributed by atoms with E-state index in [9.17, 15) is 38.4 Å². The van der Waals surface area contributed by atoms with Crippen LogP contribution in [0.3, 0.4) is 0 Å². The van der Waals surface area contributed by atoms with Crippen LogP contribution in [-0.2, 0) is 49.6 Å². The summed E-state index contributed by atoms with van der Waals surface area (Å²) in [4.78, 5) is 99.4. The minimum atomic E-state index is -1.06. The van der Waals surface area contributed by atoms with Gasteiger partial charge in [-0.25, -0.2) is 4.79 Å². The SMILES string of the molecule is CC.CCCNC(N)=O.COCC1CC(N2C(=O)C=CC2=O)C(=O)N1CC(=O)NC(C(=O)NCC(=O)Nc1ccc(COC(=O)C(C)C)cc1)C(C)C. The zero-order chi connectivity index (χ0) is 40.2. The van der Waals surface area contributed by atoms with Crippen LogP contribution in [0.15, 0.2) is 36.4 Å². The van der Waals surface area contributed by atoms with E-state index in [-0.39, 0.29) is 44.0 Å². The maximum Gasteiger partial charge on any atom is 0.312 e. The number of rotatable bonds is 16. The number of ether oxygens (including phenoxy) is 2. The Morgan fingerprint density at radius 1 is 0.925 bits per heavy atom. The lowest BCUT2D eigenvalue weighted by Gasteiger charge is -2.26. The van der Waals surface area contributed by atoms with Crippen LogP contribution in [0.5, 0.6) is 0 Å². The van der Waals surface area contributed by atoms with Crippen LogP contribution in [-0.4, -0.2) is 109 Å². The first-order valence-corrected chi connectivity index (χ1v) is 17.6. The summed E-state index contributed by atoms with van der Waals surface area (Å²) in [6.45, 7) is 13.0. The minimum Gasteiger partial charge on any atom is -0.461 e. The molecular formula is C36H55N7O10. The molecule has 3 atom stereocenters. The first-order valence-electron chi connectivity index (χ1n) is 17.6. The van der Waals surface area contributed by atoms with Crippen molar-refractivity contribution in [1.29, 1.82) is 0 Å². The number of imide groups is 1. The Labute approximate surface area is 310 Å². The summed E-state index contributed by atoms with van der Waals surface area (Å²) in [6.07, 6.45) is 3.22.